The van der Waals surface area contributed by atoms with Crippen LogP contribution in [0.25, 0.3) is 10.9 Å². The van der Waals surface area contributed by atoms with Crippen LogP contribution in [0.5, 0.6) is 0 Å². The fourth-order valence-electron chi connectivity index (χ4n) is 1.30. The number of benzene rings is 1. The van der Waals surface area contributed by atoms with Crippen LogP contribution in [0.4, 0.5) is 0 Å². The van der Waals surface area contributed by atoms with Crippen LogP contribution >= 0.6 is 0 Å². The second-order valence-electron chi connectivity index (χ2n) is 2.68. The van der Waals surface area contributed by atoms with Crippen LogP contribution in [0.1, 0.15) is 5.56 Å². The molecule has 1 nitrogen and oxygen atoms in total. The second kappa shape index (κ2) is 3.28. The maximum Gasteiger partial charge on any atom is 0.0714 e. The third kappa shape index (κ3) is 1.39. The molecular weight excluding hydrogens is 158 g/mol. The van der Waals surface area contributed by atoms with Gasteiger partial charge in [-0.25, -0.2) is 0 Å². The summed E-state index contributed by atoms with van der Waals surface area (Å²) in [5, 5.41) is 1.08. The Morgan fingerprint density at radius 3 is 2.85 bits per heavy atom. The van der Waals surface area contributed by atoms with E-state index in [4.69, 9.17) is 0 Å². The second-order valence-corrected chi connectivity index (χ2v) is 2.68. The molecule has 1 aromatic heterocycles. The lowest BCUT2D eigenvalue weighted by atomic mass is 10.1. The summed E-state index contributed by atoms with van der Waals surface area (Å²) in [6.07, 6.45) is 1.77. The van der Waals surface area contributed by atoms with E-state index in [-0.39, 0.29) is 0 Å². The van der Waals surface area contributed by atoms with E-state index >= 15 is 0 Å². The van der Waals surface area contributed by atoms with Gasteiger partial charge in [0.05, 0.1) is 5.52 Å². The van der Waals surface area contributed by atoms with E-state index in [1.807, 2.05) is 30.3 Å². The maximum atomic E-state index is 4.24. The Hall–Kier alpha value is -1.81. The highest BCUT2D eigenvalue weighted by Crippen LogP contribution is 2.14. The largest absolute Gasteiger partial charge is 0.256 e. The van der Waals surface area contributed by atoms with E-state index in [1.54, 1.807) is 6.20 Å². The van der Waals surface area contributed by atoms with Crippen LogP contribution in [0.3, 0.4) is 0 Å². The van der Waals surface area contributed by atoms with Gasteiger partial charge in [0.1, 0.15) is 0 Å². The van der Waals surface area contributed by atoms with Gasteiger partial charge in [0.15, 0.2) is 0 Å². The standard InChI is InChI=1S/C12H8N/c1-2-5-10-8-9-13-12-7-4-3-6-11(10)12/h3-4,6-9H,1H2. The molecule has 0 aliphatic heterocycles. The fraction of sp³-hybridized carbons (Fsp3) is 0. The molecule has 0 fully saturated rings. The number of aromatic nitrogens is 1. The highest BCUT2D eigenvalue weighted by atomic mass is 14.6. The van der Waals surface area contributed by atoms with Gasteiger partial charge in [0.25, 0.3) is 0 Å². The Balaban J connectivity index is 2.80. The van der Waals surface area contributed by atoms with Crippen LogP contribution in [0.2, 0.25) is 0 Å². The van der Waals surface area contributed by atoms with Gasteiger partial charge in [-0.1, -0.05) is 30.0 Å². The Bertz CT molecular complexity index is 484. The quantitative estimate of drug-likeness (QED) is 0.548. The van der Waals surface area contributed by atoms with Gasteiger partial charge in [0.2, 0.25) is 0 Å². The Labute approximate surface area is 77.4 Å². The third-order valence-electron chi connectivity index (χ3n) is 1.87. The molecule has 0 bridgehead atoms. The zero-order valence-corrected chi connectivity index (χ0v) is 7.12. The zero-order valence-electron chi connectivity index (χ0n) is 7.12. The number of hydrogen-bond acceptors (Lipinski definition) is 1. The Morgan fingerprint density at radius 1 is 1.15 bits per heavy atom. The number of hydrogen-bond donors (Lipinski definition) is 0. The molecule has 1 aromatic carbocycles. The molecular formula is C12H8N. The van der Waals surface area contributed by atoms with Gasteiger partial charge in [-0.15, -0.1) is 0 Å². The van der Waals surface area contributed by atoms with Gasteiger partial charge >= 0.3 is 0 Å². The van der Waals surface area contributed by atoms with Gasteiger partial charge in [-0.2, -0.15) is 0 Å². The molecule has 1 radical (unpaired) electrons. The normalized spacial score (nSPS) is 9.31. The molecule has 0 saturated heterocycles. The van der Waals surface area contributed by atoms with Crippen molar-refractivity contribution in [3.05, 3.63) is 49.0 Å². The first-order valence-corrected chi connectivity index (χ1v) is 4.03. The molecule has 13 heavy (non-hydrogen) atoms. The van der Waals surface area contributed by atoms with Gasteiger partial charge in [0, 0.05) is 24.1 Å². The van der Waals surface area contributed by atoms with E-state index in [0.29, 0.717) is 0 Å². The van der Waals surface area contributed by atoms with Gasteiger partial charge < -0.3 is 0 Å². The van der Waals surface area contributed by atoms with Crippen LogP contribution in [0, 0.1) is 18.8 Å². The van der Waals surface area contributed by atoms with Gasteiger partial charge in [-0.05, 0) is 12.1 Å². The Morgan fingerprint density at radius 2 is 2.00 bits per heavy atom. The average molecular weight is 166 g/mol. The third-order valence-corrected chi connectivity index (χ3v) is 1.87. The molecule has 0 atom stereocenters. The minimum atomic E-state index is 0.975. The van der Waals surface area contributed by atoms with Crippen LogP contribution < -0.4 is 0 Å². The lowest BCUT2D eigenvalue weighted by molar-refractivity contribution is 1.40. The summed E-state index contributed by atoms with van der Waals surface area (Å²) in [6.45, 7) is 3.51. The molecule has 61 valence electrons. The summed E-state index contributed by atoms with van der Waals surface area (Å²) in [5.74, 6) is 5.60. The summed E-state index contributed by atoms with van der Waals surface area (Å²) in [7, 11) is 0. The van der Waals surface area contributed by atoms with Crippen molar-refractivity contribution >= 4 is 10.9 Å². The highest BCUT2D eigenvalue weighted by Gasteiger charge is 1.96. The maximum absolute atomic E-state index is 4.24. The number of pyridine rings is 1. The van der Waals surface area contributed by atoms with Crippen LogP contribution in [-0.2, 0) is 0 Å². The smallest absolute Gasteiger partial charge is 0.0714 e. The summed E-state index contributed by atoms with van der Waals surface area (Å²) in [4.78, 5) is 4.24. The molecule has 0 amide bonds. The molecule has 1 heteroatoms. The molecule has 2 rings (SSSR count). The predicted octanol–water partition coefficient (Wildman–Crippen LogP) is 2.42. The topological polar surface area (TPSA) is 12.9 Å². The van der Waals surface area contributed by atoms with E-state index < -0.39 is 0 Å². The summed E-state index contributed by atoms with van der Waals surface area (Å²) in [6, 6.07) is 9.85. The summed E-state index contributed by atoms with van der Waals surface area (Å²) in [5.41, 5.74) is 1.96. The van der Waals surface area contributed by atoms with Crippen molar-refractivity contribution in [2.24, 2.45) is 0 Å². The van der Waals surface area contributed by atoms with Gasteiger partial charge in [-0.3, -0.25) is 4.98 Å². The zero-order chi connectivity index (χ0) is 9.10. The van der Waals surface area contributed by atoms with Crippen molar-refractivity contribution in [3.63, 3.8) is 0 Å². The van der Waals surface area contributed by atoms with Crippen molar-refractivity contribution in [1.82, 2.24) is 4.98 Å². The number of nitrogens with zero attached hydrogens (tertiary/aromatic N) is 1. The first kappa shape index (κ1) is 7.82. The molecule has 0 saturated carbocycles. The monoisotopic (exact) mass is 166 g/mol. The molecule has 0 aliphatic rings. The van der Waals surface area contributed by atoms with Crippen molar-refractivity contribution in [1.29, 1.82) is 0 Å². The predicted molar refractivity (Wildman–Crippen MR) is 54.0 cm³/mol. The number of para-hydroxylation sites is 1. The van der Waals surface area contributed by atoms with Crippen molar-refractivity contribution in [2.75, 3.05) is 0 Å². The average Bonchev–Trinajstić information content (AvgIpc) is 2.19. The van der Waals surface area contributed by atoms with E-state index in [9.17, 15) is 0 Å². The molecule has 0 aliphatic carbocycles. The Kier molecular flexibility index (Phi) is 1.97. The lowest BCUT2D eigenvalue weighted by Gasteiger charge is -1.97. The molecule has 0 N–H and O–H groups in total. The first-order valence-electron chi connectivity index (χ1n) is 4.03. The molecule has 0 spiro atoms. The number of rotatable bonds is 0. The molecule has 2 aromatic rings. The fourth-order valence-corrected chi connectivity index (χ4v) is 1.30. The first-order chi connectivity index (χ1) is 6.42. The minimum absolute atomic E-state index is 0.975. The summed E-state index contributed by atoms with van der Waals surface area (Å²) >= 11 is 0. The lowest BCUT2D eigenvalue weighted by Crippen LogP contribution is -1.81. The molecule has 1 heterocycles. The highest BCUT2D eigenvalue weighted by molar-refractivity contribution is 5.84. The van der Waals surface area contributed by atoms with Crippen LogP contribution in [0.15, 0.2) is 36.5 Å². The van der Waals surface area contributed by atoms with Crippen LogP contribution in [-0.4, -0.2) is 4.98 Å². The van der Waals surface area contributed by atoms with Crippen molar-refractivity contribution in [2.45, 2.75) is 0 Å². The molecule has 0 unspecified atom stereocenters. The summed E-state index contributed by atoms with van der Waals surface area (Å²) < 4.78 is 0. The SMILES string of the molecule is [CH2]C#Cc1ccnc2ccccc12. The van der Waals surface area contributed by atoms with Crippen molar-refractivity contribution < 1.29 is 0 Å². The minimum Gasteiger partial charge on any atom is -0.256 e. The number of fused-ring (bicyclic) bond motifs is 1. The van der Waals surface area contributed by atoms with E-state index in [2.05, 4.69) is 23.7 Å². The van der Waals surface area contributed by atoms with E-state index in [1.165, 1.54) is 0 Å². The van der Waals surface area contributed by atoms with E-state index in [0.717, 1.165) is 16.5 Å². The van der Waals surface area contributed by atoms with Crippen molar-refractivity contribution in [3.8, 4) is 11.8 Å².